The topological polar surface area (TPSA) is 58.6 Å². The van der Waals surface area contributed by atoms with Gasteiger partial charge in [-0.15, -0.1) is 12.4 Å². The first-order chi connectivity index (χ1) is 11.9. The zero-order chi connectivity index (χ0) is 18.0. The van der Waals surface area contributed by atoms with Crippen LogP contribution in [-0.2, 0) is 10.0 Å². The molecule has 0 atom stereocenters. The molecule has 26 heavy (non-hydrogen) atoms. The van der Waals surface area contributed by atoms with Gasteiger partial charge in [0.1, 0.15) is 5.75 Å². The Morgan fingerprint density at radius 1 is 1.23 bits per heavy atom. The monoisotopic (exact) mass is 430 g/mol. The highest BCUT2D eigenvalue weighted by Gasteiger charge is 2.31. The molecule has 0 spiro atoms. The van der Waals surface area contributed by atoms with Crippen LogP contribution in [-0.4, -0.2) is 45.0 Å². The minimum Gasteiger partial charge on any atom is -0.433 e. The summed E-state index contributed by atoms with van der Waals surface area (Å²) in [5, 5.41) is 3.35. The number of nitrogens with zero attached hydrogens (tertiary/aromatic N) is 1. The average Bonchev–Trinajstić information content (AvgIpc) is 3.39. The van der Waals surface area contributed by atoms with Crippen LogP contribution >= 0.6 is 24.0 Å². The maximum Gasteiger partial charge on any atom is 0.387 e. The number of ether oxygens (including phenoxy) is 1. The van der Waals surface area contributed by atoms with Gasteiger partial charge in [0.2, 0.25) is 10.0 Å². The molecule has 1 N–H and O–H groups in total. The number of hydrogen-bond donors (Lipinski definition) is 1. The number of benzene rings is 1. The Morgan fingerprint density at radius 2 is 1.88 bits per heavy atom. The van der Waals surface area contributed by atoms with E-state index in [1.54, 1.807) is 0 Å². The van der Waals surface area contributed by atoms with Gasteiger partial charge in [-0.25, -0.2) is 8.42 Å². The second kappa shape index (κ2) is 9.01. The van der Waals surface area contributed by atoms with E-state index in [4.69, 9.17) is 11.6 Å². The fourth-order valence-corrected chi connectivity index (χ4v) is 4.72. The van der Waals surface area contributed by atoms with Crippen LogP contribution in [0.3, 0.4) is 0 Å². The van der Waals surface area contributed by atoms with E-state index in [9.17, 15) is 17.2 Å². The maximum absolute atomic E-state index is 12.7. The van der Waals surface area contributed by atoms with Crippen molar-refractivity contribution in [3.8, 4) is 5.75 Å². The minimum absolute atomic E-state index is 0. The van der Waals surface area contributed by atoms with Gasteiger partial charge >= 0.3 is 6.61 Å². The smallest absolute Gasteiger partial charge is 0.387 e. The molecule has 1 saturated carbocycles. The van der Waals surface area contributed by atoms with Crippen LogP contribution < -0.4 is 10.1 Å². The summed E-state index contributed by atoms with van der Waals surface area (Å²) >= 11 is 5.87. The molecule has 0 aromatic heterocycles. The van der Waals surface area contributed by atoms with Gasteiger partial charge in [-0.2, -0.15) is 13.1 Å². The molecule has 148 valence electrons. The Morgan fingerprint density at radius 3 is 2.42 bits per heavy atom. The molecule has 1 aromatic rings. The van der Waals surface area contributed by atoms with Crippen molar-refractivity contribution in [3.63, 3.8) is 0 Å². The highest BCUT2D eigenvalue weighted by atomic mass is 35.5. The lowest BCUT2D eigenvalue weighted by molar-refractivity contribution is -0.0498. The molecule has 2 aliphatic rings. The van der Waals surface area contributed by atoms with Crippen molar-refractivity contribution in [2.75, 3.05) is 19.6 Å². The summed E-state index contributed by atoms with van der Waals surface area (Å²) in [6.07, 6.45) is 4.08. The third-order valence-corrected chi connectivity index (χ3v) is 6.79. The summed E-state index contributed by atoms with van der Waals surface area (Å²) in [7, 11) is -3.69. The van der Waals surface area contributed by atoms with Crippen molar-refractivity contribution in [1.82, 2.24) is 9.62 Å². The van der Waals surface area contributed by atoms with Crippen LogP contribution in [0.2, 0.25) is 5.02 Å². The van der Waals surface area contributed by atoms with Crippen molar-refractivity contribution in [3.05, 3.63) is 23.2 Å². The van der Waals surface area contributed by atoms with E-state index in [0.717, 1.165) is 37.4 Å². The number of hydrogen-bond acceptors (Lipinski definition) is 4. The minimum atomic E-state index is -3.69. The van der Waals surface area contributed by atoms with Crippen molar-refractivity contribution in [1.29, 1.82) is 0 Å². The van der Waals surface area contributed by atoms with Crippen LogP contribution in [0, 0.1) is 5.92 Å². The van der Waals surface area contributed by atoms with Gasteiger partial charge in [0.15, 0.2) is 0 Å². The summed E-state index contributed by atoms with van der Waals surface area (Å²) in [5.41, 5.74) is 0. The normalized spacial score (nSPS) is 19.4. The second-order valence-corrected chi connectivity index (χ2v) is 8.85. The summed E-state index contributed by atoms with van der Waals surface area (Å²) in [6, 6.07) is 3.91. The Bertz CT molecular complexity index is 709. The van der Waals surface area contributed by atoms with Crippen LogP contribution in [0.25, 0.3) is 0 Å². The molecule has 0 amide bonds. The first-order valence-corrected chi connectivity index (χ1v) is 10.2. The summed E-state index contributed by atoms with van der Waals surface area (Å²) in [4.78, 5) is -0.0106. The molecule has 1 aliphatic carbocycles. The van der Waals surface area contributed by atoms with Crippen LogP contribution in [0.5, 0.6) is 5.75 Å². The van der Waals surface area contributed by atoms with Gasteiger partial charge in [-0.05, 0) is 56.3 Å². The molecular formula is C16H22Cl2F2N2O3S. The molecule has 5 nitrogen and oxygen atoms in total. The van der Waals surface area contributed by atoms with Gasteiger partial charge < -0.3 is 10.1 Å². The number of sulfonamides is 1. The van der Waals surface area contributed by atoms with Crippen LogP contribution in [0.1, 0.15) is 25.7 Å². The van der Waals surface area contributed by atoms with E-state index in [2.05, 4.69) is 10.1 Å². The molecule has 2 fully saturated rings. The van der Waals surface area contributed by atoms with Gasteiger partial charge in [-0.1, -0.05) is 11.6 Å². The number of nitrogens with one attached hydrogen (secondary N) is 1. The van der Waals surface area contributed by atoms with Gasteiger partial charge in [0, 0.05) is 19.1 Å². The van der Waals surface area contributed by atoms with Crippen LogP contribution in [0.4, 0.5) is 8.78 Å². The van der Waals surface area contributed by atoms with Gasteiger partial charge in [-0.3, -0.25) is 0 Å². The molecule has 1 aliphatic heterocycles. The van der Waals surface area contributed by atoms with Crippen molar-refractivity contribution in [2.24, 2.45) is 5.92 Å². The van der Waals surface area contributed by atoms with E-state index >= 15 is 0 Å². The SMILES string of the molecule is Cl.O=S(=O)(c1ccc(OC(F)F)c(Cl)c1)N1CCC(NCC2CC2)CC1. The highest BCUT2D eigenvalue weighted by Crippen LogP contribution is 2.31. The largest absolute Gasteiger partial charge is 0.433 e. The molecule has 0 radical (unpaired) electrons. The predicted molar refractivity (Wildman–Crippen MR) is 97.8 cm³/mol. The second-order valence-electron chi connectivity index (χ2n) is 6.50. The first kappa shape index (κ1) is 21.6. The quantitative estimate of drug-likeness (QED) is 0.718. The van der Waals surface area contributed by atoms with E-state index in [1.165, 1.54) is 23.2 Å². The molecule has 1 saturated heterocycles. The Hall–Kier alpha value is -0.670. The van der Waals surface area contributed by atoms with Gasteiger partial charge in [0.05, 0.1) is 9.92 Å². The van der Waals surface area contributed by atoms with Crippen LogP contribution in [0.15, 0.2) is 23.1 Å². The summed E-state index contributed by atoms with van der Waals surface area (Å²) in [6.45, 7) is -1.14. The Kier molecular flexibility index (Phi) is 7.50. The average molecular weight is 431 g/mol. The fourth-order valence-electron chi connectivity index (χ4n) is 2.94. The molecule has 1 aromatic carbocycles. The van der Waals surface area contributed by atoms with Gasteiger partial charge in [0.25, 0.3) is 0 Å². The van der Waals surface area contributed by atoms with E-state index in [0.29, 0.717) is 19.1 Å². The number of alkyl halides is 2. The first-order valence-electron chi connectivity index (χ1n) is 8.34. The third-order valence-electron chi connectivity index (χ3n) is 4.60. The van der Waals surface area contributed by atoms with Crippen molar-refractivity contribution >= 4 is 34.0 Å². The third kappa shape index (κ3) is 5.42. The molecule has 10 heteroatoms. The lowest BCUT2D eigenvalue weighted by Crippen LogP contribution is -2.45. The number of halogens is 4. The number of rotatable bonds is 7. The summed E-state index contributed by atoms with van der Waals surface area (Å²) in [5.74, 6) is 0.552. The zero-order valence-electron chi connectivity index (χ0n) is 14.0. The standard InChI is InChI=1S/C16H21ClF2N2O3S.ClH/c17-14-9-13(3-4-15(14)24-16(18)19)25(22,23)21-7-5-12(6-8-21)20-10-11-1-2-11;/h3-4,9,11-12,16,20H,1-2,5-8,10H2;1H. The Balaban J connectivity index is 0.00000243. The predicted octanol–water partition coefficient (Wildman–Crippen LogP) is 3.52. The fraction of sp³-hybridized carbons (Fsp3) is 0.625. The molecule has 0 unspecified atom stereocenters. The van der Waals surface area contributed by atoms with E-state index in [1.807, 2.05) is 0 Å². The van der Waals surface area contributed by atoms with E-state index in [-0.39, 0.29) is 28.1 Å². The molecule has 0 bridgehead atoms. The highest BCUT2D eigenvalue weighted by molar-refractivity contribution is 7.89. The lowest BCUT2D eigenvalue weighted by atomic mass is 10.1. The molecule has 1 heterocycles. The zero-order valence-corrected chi connectivity index (χ0v) is 16.4. The molecule has 3 rings (SSSR count). The maximum atomic E-state index is 12.7. The van der Waals surface area contributed by atoms with Crippen molar-refractivity contribution in [2.45, 2.75) is 43.2 Å². The van der Waals surface area contributed by atoms with Crippen molar-refractivity contribution < 1.29 is 21.9 Å². The molecular weight excluding hydrogens is 409 g/mol. The summed E-state index contributed by atoms with van der Waals surface area (Å²) < 4.78 is 55.6. The van der Waals surface area contributed by atoms with E-state index < -0.39 is 16.6 Å². The Labute approximate surface area is 163 Å². The lowest BCUT2D eigenvalue weighted by Gasteiger charge is -2.31. The number of piperidine rings is 1.